The van der Waals surface area contributed by atoms with Gasteiger partial charge in [0.1, 0.15) is 0 Å². The molecule has 1 aromatic rings. The van der Waals surface area contributed by atoms with Crippen molar-refractivity contribution in [2.24, 2.45) is 11.1 Å². The summed E-state index contributed by atoms with van der Waals surface area (Å²) in [5.74, 6) is -0.952. The fourth-order valence-electron chi connectivity index (χ4n) is 3.90. The minimum atomic E-state index is -0.894. The number of rotatable bonds is 6. The summed E-state index contributed by atoms with van der Waals surface area (Å²) >= 11 is 0. The Balaban J connectivity index is 1.68. The summed E-state index contributed by atoms with van der Waals surface area (Å²) in [5.41, 5.74) is 6.70. The maximum atomic E-state index is 12.7. The molecular weight excluding hydrogens is 388 g/mol. The molecular formula is C21H28N4O5. The lowest BCUT2D eigenvalue weighted by Crippen LogP contribution is -2.54. The third kappa shape index (κ3) is 4.46. The normalized spacial score (nSPS) is 18.2. The van der Waals surface area contributed by atoms with E-state index in [1.807, 2.05) is 0 Å². The van der Waals surface area contributed by atoms with Crippen LogP contribution in [0.3, 0.4) is 0 Å². The minimum Gasteiger partial charge on any atom is -0.466 e. The molecule has 0 saturated carbocycles. The van der Waals surface area contributed by atoms with E-state index >= 15 is 0 Å². The van der Waals surface area contributed by atoms with Gasteiger partial charge in [0.2, 0.25) is 11.8 Å². The maximum Gasteiger partial charge on any atom is 0.313 e. The van der Waals surface area contributed by atoms with Crippen LogP contribution in [-0.4, -0.2) is 60.9 Å². The highest BCUT2D eigenvalue weighted by atomic mass is 16.5. The largest absolute Gasteiger partial charge is 0.466 e. The van der Waals surface area contributed by atoms with Crippen LogP contribution >= 0.6 is 0 Å². The zero-order valence-corrected chi connectivity index (χ0v) is 17.3. The number of nitrogens with one attached hydrogen (secondary N) is 2. The predicted octanol–water partition coefficient (Wildman–Crippen LogP) is 0.430. The molecule has 2 aliphatic heterocycles. The number of hydrogen-bond acceptors (Lipinski definition) is 6. The molecule has 0 bridgehead atoms. The predicted molar refractivity (Wildman–Crippen MR) is 110 cm³/mol. The fraction of sp³-hybridized carbons (Fsp3) is 0.524. The van der Waals surface area contributed by atoms with Gasteiger partial charge in [0, 0.05) is 30.9 Å². The van der Waals surface area contributed by atoms with Crippen LogP contribution in [0.1, 0.15) is 42.6 Å². The standard InChI is InChI=1S/C21H28N4O5/c1-3-30-20(29)21(6-8-25(9-7-21)19(28)13(2)22)12-23-18(27)14-4-5-16-15(10-14)11-17(26)24-16/h4-5,10,13H,3,6-9,11-12,22H2,1-2H3,(H,23,27)(H,24,26)/t13-/m0/s1. The highest BCUT2D eigenvalue weighted by molar-refractivity contribution is 6.01. The zero-order valence-electron chi connectivity index (χ0n) is 17.3. The molecule has 1 fully saturated rings. The van der Waals surface area contributed by atoms with Gasteiger partial charge in [-0.15, -0.1) is 0 Å². The topological polar surface area (TPSA) is 131 Å². The second kappa shape index (κ2) is 8.83. The summed E-state index contributed by atoms with van der Waals surface area (Å²) in [4.78, 5) is 50.7. The van der Waals surface area contributed by atoms with E-state index in [2.05, 4.69) is 10.6 Å². The van der Waals surface area contributed by atoms with Gasteiger partial charge in [0.15, 0.2) is 0 Å². The number of ether oxygens (including phenoxy) is 1. The molecule has 2 aliphatic rings. The molecule has 162 valence electrons. The number of fused-ring (bicyclic) bond motifs is 1. The van der Waals surface area contributed by atoms with Crippen molar-refractivity contribution in [3.8, 4) is 0 Å². The third-order valence-corrected chi connectivity index (χ3v) is 5.71. The third-order valence-electron chi connectivity index (χ3n) is 5.71. The summed E-state index contributed by atoms with van der Waals surface area (Å²) in [6.45, 7) is 4.47. The van der Waals surface area contributed by atoms with E-state index in [9.17, 15) is 19.2 Å². The number of carbonyl (C=O) groups is 4. The summed E-state index contributed by atoms with van der Waals surface area (Å²) in [6, 6.07) is 4.43. The monoisotopic (exact) mass is 416 g/mol. The van der Waals surface area contributed by atoms with Gasteiger partial charge in [-0.2, -0.15) is 0 Å². The number of amides is 3. The van der Waals surface area contributed by atoms with Gasteiger partial charge in [-0.1, -0.05) is 0 Å². The number of hydrogen-bond donors (Lipinski definition) is 3. The molecule has 4 N–H and O–H groups in total. The maximum absolute atomic E-state index is 12.7. The van der Waals surface area contributed by atoms with Crippen LogP contribution in [0.2, 0.25) is 0 Å². The van der Waals surface area contributed by atoms with Crippen molar-refractivity contribution in [3.05, 3.63) is 29.3 Å². The number of anilines is 1. The summed E-state index contributed by atoms with van der Waals surface area (Å²) < 4.78 is 5.27. The van der Waals surface area contributed by atoms with Crippen LogP contribution in [0.5, 0.6) is 0 Å². The Hall–Kier alpha value is -2.94. The van der Waals surface area contributed by atoms with E-state index in [1.54, 1.807) is 36.9 Å². The van der Waals surface area contributed by atoms with Gasteiger partial charge in [-0.05, 0) is 50.5 Å². The lowest BCUT2D eigenvalue weighted by Gasteiger charge is -2.40. The van der Waals surface area contributed by atoms with Crippen molar-refractivity contribution in [2.45, 2.75) is 39.2 Å². The van der Waals surface area contributed by atoms with Gasteiger partial charge in [-0.25, -0.2) is 0 Å². The van der Waals surface area contributed by atoms with Crippen molar-refractivity contribution in [1.82, 2.24) is 10.2 Å². The van der Waals surface area contributed by atoms with Crippen LogP contribution in [0, 0.1) is 5.41 Å². The van der Waals surface area contributed by atoms with E-state index in [0.29, 0.717) is 37.2 Å². The number of piperidine rings is 1. The van der Waals surface area contributed by atoms with E-state index in [0.717, 1.165) is 5.56 Å². The quantitative estimate of drug-likeness (QED) is 0.577. The van der Waals surface area contributed by atoms with Gasteiger partial charge in [-0.3, -0.25) is 19.2 Å². The Kier molecular flexibility index (Phi) is 6.40. The van der Waals surface area contributed by atoms with Crippen LogP contribution in [-0.2, 0) is 25.5 Å². The van der Waals surface area contributed by atoms with E-state index in [-0.39, 0.29) is 43.3 Å². The number of likely N-dealkylation sites (tertiary alicyclic amines) is 1. The average Bonchev–Trinajstić information content (AvgIpc) is 3.11. The summed E-state index contributed by atoms with van der Waals surface area (Å²) in [7, 11) is 0. The highest BCUT2D eigenvalue weighted by Crippen LogP contribution is 2.33. The Labute approximate surface area is 175 Å². The summed E-state index contributed by atoms with van der Waals surface area (Å²) in [6.07, 6.45) is 1.01. The van der Waals surface area contributed by atoms with Crippen molar-refractivity contribution in [1.29, 1.82) is 0 Å². The molecule has 0 aromatic heterocycles. The molecule has 9 nitrogen and oxygen atoms in total. The Morgan fingerprint density at radius 2 is 2.00 bits per heavy atom. The first-order valence-electron chi connectivity index (χ1n) is 10.2. The molecule has 0 aliphatic carbocycles. The lowest BCUT2D eigenvalue weighted by molar-refractivity contribution is -0.160. The first kappa shape index (κ1) is 21.8. The molecule has 2 heterocycles. The van der Waals surface area contributed by atoms with Crippen LogP contribution in [0.4, 0.5) is 5.69 Å². The lowest BCUT2D eigenvalue weighted by atomic mass is 9.78. The van der Waals surface area contributed by atoms with Crippen LogP contribution in [0.25, 0.3) is 0 Å². The average molecular weight is 416 g/mol. The molecule has 0 unspecified atom stereocenters. The first-order valence-corrected chi connectivity index (χ1v) is 10.2. The molecule has 1 atom stereocenters. The molecule has 1 aromatic carbocycles. The molecule has 9 heteroatoms. The van der Waals surface area contributed by atoms with Gasteiger partial charge in [0.05, 0.1) is 24.5 Å². The number of carbonyl (C=O) groups excluding carboxylic acids is 4. The SMILES string of the molecule is CCOC(=O)C1(CNC(=O)c2ccc3c(c2)CC(=O)N3)CCN(C(=O)[C@H](C)N)CC1. The Bertz CT molecular complexity index is 859. The smallest absolute Gasteiger partial charge is 0.313 e. The second-order valence-electron chi connectivity index (χ2n) is 7.89. The molecule has 3 rings (SSSR count). The minimum absolute atomic E-state index is 0.100. The van der Waals surface area contributed by atoms with Crippen LogP contribution in [0.15, 0.2) is 18.2 Å². The van der Waals surface area contributed by atoms with Gasteiger partial charge >= 0.3 is 5.97 Å². The van der Waals surface area contributed by atoms with E-state index in [4.69, 9.17) is 10.5 Å². The van der Waals surface area contributed by atoms with E-state index in [1.165, 1.54) is 0 Å². The molecule has 0 spiro atoms. The van der Waals surface area contributed by atoms with Crippen molar-refractivity contribution in [3.63, 3.8) is 0 Å². The number of nitrogens with zero attached hydrogens (tertiary/aromatic N) is 1. The number of benzene rings is 1. The van der Waals surface area contributed by atoms with Gasteiger partial charge in [0.25, 0.3) is 5.91 Å². The van der Waals surface area contributed by atoms with E-state index < -0.39 is 11.5 Å². The van der Waals surface area contributed by atoms with Crippen molar-refractivity contribution in [2.75, 3.05) is 31.6 Å². The summed E-state index contributed by atoms with van der Waals surface area (Å²) in [5, 5.41) is 5.58. The zero-order chi connectivity index (χ0) is 21.9. The number of esters is 1. The van der Waals surface area contributed by atoms with Crippen molar-refractivity contribution >= 4 is 29.4 Å². The Morgan fingerprint density at radius 3 is 2.63 bits per heavy atom. The molecule has 0 radical (unpaired) electrons. The van der Waals surface area contributed by atoms with Crippen molar-refractivity contribution < 1.29 is 23.9 Å². The number of nitrogens with two attached hydrogens (primary N) is 1. The highest BCUT2D eigenvalue weighted by Gasteiger charge is 2.44. The fourth-order valence-corrected chi connectivity index (χ4v) is 3.90. The molecule has 3 amide bonds. The Morgan fingerprint density at radius 1 is 1.30 bits per heavy atom. The molecule has 30 heavy (non-hydrogen) atoms. The van der Waals surface area contributed by atoms with Gasteiger partial charge < -0.3 is 26.0 Å². The first-order chi connectivity index (χ1) is 14.3. The van der Waals surface area contributed by atoms with Crippen LogP contribution < -0.4 is 16.4 Å². The second-order valence-corrected chi connectivity index (χ2v) is 7.89. The molecule has 1 saturated heterocycles.